The summed E-state index contributed by atoms with van der Waals surface area (Å²) in [6, 6.07) is 10.6. The highest BCUT2D eigenvalue weighted by molar-refractivity contribution is 5.44. The molecule has 0 atom stereocenters. The predicted molar refractivity (Wildman–Crippen MR) is 82.9 cm³/mol. The largest absolute Gasteiger partial charge is 0.375 e. The van der Waals surface area contributed by atoms with Gasteiger partial charge in [0.1, 0.15) is 0 Å². The third-order valence-electron chi connectivity index (χ3n) is 4.23. The first-order valence-electron chi connectivity index (χ1n) is 7.31. The zero-order valence-electron chi connectivity index (χ0n) is 12.5. The van der Waals surface area contributed by atoms with Crippen LogP contribution in [0.15, 0.2) is 30.3 Å². The van der Waals surface area contributed by atoms with Gasteiger partial charge >= 0.3 is 0 Å². The van der Waals surface area contributed by atoms with E-state index in [4.69, 9.17) is 0 Å². The average Bonchev–Trinajstić information content (AvgIpc) is 2.47. The van der Waals surface area contributed by atoms with Gasteiger partial charge in [-0.1, -0.05) is 18.2 Å². The molecule has 3 heteroatoms. The Labute approximate surface area is 117 Å². The SMILES string of the molecule is CN(CCC(C)(C)N1CCNCC1)c1ccccc1. The maximum atomic E-state index is 3.43. The van der Waals surface area contributed by atoms with Crippen molar-refractivity contribution in [2.45, 2.75) is 25.8 Å². The van der Waals surface area contributed by atoms with Crippen molar-refractivity contribution in [1.29, 1.82) is 0 Å². The van der Waals surface area contributed by atoms with Crippen molar-refractivity contribution in [3.05, 3.63) is 30.3 Å². The molecule has 3 nitrogen and oxygen atoms in total. The van der Waals surface area contributed by atoms with Gasteiger partial charge in [0, 0.05) is 51.0 Å². The van der Waals surface area contributed by atoms with Crippen LogP contribution >= 0.6 is 0 Å². The maximum Gasteiger partial charge on any atom is 0.0363 e. The van der Waals surface area contributed by atoms with Gasteiger partial charge in [0.05, 0.1) is 0 Å². The average molecular weight is 261 g/mol. The fraction of sp³-hybridized carbons (Fsp3) is 0.625. The number of para-hydroxylation sites is 1. The number of nitrogens with zero attached hydrogens (tertiary/aromatic N) is 2. The Morgan fingerprint density at radius 3 is 2.42 bits per heavy atom. The number of anilines is 1. The van der Waals surface area contributed by atoms with Crippen LogP contribution in [0.25, 0.3) is 0 Å². The topological polar surface area (TPSA) is 18.5 Å². The Balaban J connectivity index is 1.86. The molecule has 0 radical (unpaired) electrons. The smallest absolute Gasteiger partial charge is 0.0363 e. The van der Waals surface area contributed by atoms with Gasteiger partial charge in [-0.25, -0.2) is 0 Å². The third kappa shape index (κ3) is 3.95. The summed E-state index contributed by atoms with van der Waals surface area (Å²) >= 11 is 0. The number of hydrogen-bond donors (Lipinski definition) is 1. The summed E-state index contributed by atoms with van der Waals surface area (Å²) in [7, 11) is 2.18. The Hall–Kier alpha value is -1.06. The van der Waals surface area contributed by atoms with Crippen molar-refractivity contribution in [1.82, 2.24) is 10.2 Å². The number of benzene rings is 1. The molecule has 1 saturated heterocycles. The minimum Gasteiger partial charge on any atom is -0.375 e. The summed E-state index contributed by atoms with van der Waals surface area (Å²) in [4.78, 5) is 4.96. The van der Waals surface area contributed by atoms with Crippen molar-refractivity contribution >= 4 is 5.69 Å². The van der Waals surface area contributed by atoms with Crippen molar-refractivity contribution in [3.63, 3.8) is 0 Å². The molecule has 1 N–H and O–H groups in total. The van der Waals surface area contributed by atoms with E-state index in [2.05, 4.69) is 66.3 Å². The van der Waals surface area contributed by atoms with Crippen LogP contribution in [0.5, 0.6) is 0 Å². The van der Waals surface area contributed by atoms with Crippen LogP contribution in [-0.4, -0.2) is 50.2 Å². The molecule has 1 fully saturated rings. The lowest BCUT2D eigenvalue weighted by Gasteiger charge is -2.42. The molecule has 2 rings (SSSR count). The summed E-state index contributed by atoms with van der Waals surface area (Å²) in [6.07, 6.45) is 1.19. The molecule has 19 heavy (non-hydrogen) atoms. The van der Waals surface area contributed by atoms with E-state index in [1.165, 1.54) is 25.2 Å². The maximum absolute atomic E-state index is 3.43. The van der Waals surface area contributed by atoms with Crippen LogP contribution in [0, 0.1) is 0 Å². The molecule has 0 saturated carbocycles. The second-order valence-electron chi connectivity index (χ2n) is 6.06. The van der Waals surface area contributed by atoms with E-state index in [9.17, 15) is 0 Å². The van der Waals surface area contributed by atoms with Gasteiger partial charge in [0.25, 0.3) is 0 Å². The molecule has 0 unspecified atom stereocenters. The monoisotopic (exact) mass is 261 g/mol. The standard InChI is InChI=1S/C16H27N3/c1-16(2,19-13-10-17-11-14-19)9-12-18(3)15-7-5-4-6-8-15/h4-8,17H,9-14H2,1-3H3. The first kappa shape index (κ1) is 14.4. The minimum atomic E-state index is 0.283. The Kier molecular flexibility index (Phi) is 4.83. The molecular formula is C16H27N3. The third-order valence-corrected chi connectivity index (χ3v) is 4.23. The molecule has 106 valence electrons. The highest BCUT2D eigenvalue weighted by Gasteiger charge is 2.27. The van der Waals surface area contributed by atoms with Gasteiger partial charge in [0.2, 0.25) is 0 Å². The van der Waals surface area contributed by atoms with Gasteiger partial charge in [-0.15, -0.1) is 0 Å². The van der Waals surface area contributed by atoms with Crippen LogP contribution < -0.4 is 10.2 Å². The summed E-state index contributed by atoms with van der Waals surface area (Å²) in [5.41, 5.74) is 1.59. The second kappa shape index (κ2) is 6.40. The van der Waals surface area contributed by atoms with E-state index in [1.54, 1.807) is 0 Å². The molecular weight excluding hydrogens is 234 g/mol. The Bertz CT molecular complexity index is 369. The number of nitrogens with one attached hydrogen (secondary N) is 1. The molecule has 1 aliphatic rings. The molecule has 0 amide bonds. The second-order valence-corrected chi connectivity index (χ2v) is 6.06. The van der Waals surface area contributed by atoms with Crippen LogP contribution in [0.2, 0.25) is 0 Å². The molecule has 0 aliphatic carbocycles. The lowest BCUT2D eigenvalue weighted by Crippen LogP contribution is -2.54. The molecule has 1 heterocycles. The van der Waals surface area contributed by atoms with E-state index >= 15 is 0 Å². The minimum absolute atomic E-state index is 0.283. The van der Waals surface area contributed by atoms with Gasteiger partial charge in [-0.3, -0.25) is 4.90 Å². The van der Waals surface area contributed by atoms with E-state index in [0.717, 1.165) is 19.6 Å². The first-order valence-corrected chi connectivity index (χ1v) is 7.31. The van der Waals surface area contributed by atoms with Gasteiger partial charge in [-0.2, -0.15) is 0 Å². The lowest BCUT2D eigenvalue weighted by atomic mass is 9.96. The molecule has 0 aromatic heterocycles. The van der Waals surface area contributed by atoms with Crippen molar-refractivity contribution < 1.29 is 0 Å². The van der Waals surface area contributed by atoms with Gasteiger partial charge < -0.3 is 10.2 Å². The molecule has 0 spiro atoms. The molecule has 1 aliphatic heterocycles. The van der Waals surface area contributed by atoms with E-state index < -0.39 is 0 Å². The highest BCUT2D eigenvalue weighted by Crippen LogP contribution is 2.21. The highest BCUT2D eigenvalue weighted by atomic mass is 15.2. The van der Waals surface area contributed by atoms with Crippen LogP contribution in [0.4, 0.5) is 5.69 Å². The van der Waals surface area contributed by atoms with Crippen LogP contribution in [-0.2, 0) is 0 Å². The van der Waals surface area contributed by atoms with E-state index in [-0.39, 0.29) is 5.54 Å². The number of rotatable bonds is 5. The van der Waals surface area contributed by atoms with Gasteiger partial charge in [0.15, 0.2) is 0 Å². The Morgan fingerprint density at radius 1 is 1.16 bits per heavy atom. The zero-order valence-corrected chi connectivity index (χ0v) is 12.5. The Morgan fingerprint density at radius 2 is 1.79 bits per heavy atom. The summed E-state index contributed by atoms with van der Waals surface area (Å²) in [5.74, 6) is 0. The number of piperazine rings is 1. The first-order chi connectivity index (χ1) is 9.09. The normalized spacial score (nSPS) is 17.4. The number of hydrogen-bond acceptors (Lipinski definition) is 3. The molecule has 0 bridgehead atoms. The van der Waals surface area contributed by atoms with Crippen molar-refractivity contribution in [2.24, 2.45) is 0 Å². The van der Waals surface area contributed by atoms with E-state index in [1.807, 2.05) is 0 Å². The summed E-state index contributed by atoms with van der Waals surface area (Å²) < 4.78 is 0. The van der Waals surface area contributed by atoms with Crippen LogP contribution in [0.3, 0.4) is 0 Å². The van der Waals surface area contributed by atoms with Crippen molar-refractivity contribution in [2.75, 3.05) is 44.7 Å². The van der Waals surface area contributed by atoms with E-state index in [0.29, 0.717) is 0 Å². The summed E-state index contributed by atoms with van der Waals surface area (Å²) in [6.45, 7) is 10.4. The fourth-order valence-corrected chi connectivity index (χ4v) is 2.68. The zero-order chi connectivity index (χ0) is 13.7. The van der Waals surface area contributed by atoms with Gasteiger partial charge in [-0.05, 0) is 32.4 Å². The lowest BCUT2D eigenvalue weighted by molar-refractivity contribution is 0.0975. The van der Waals surface area contributed by atoms with Crippen LogP contribution in [0.1, 0.15) is 20.3 Å². The van der Waals surface area contributed by atoms with Crippen molar-refractivity contribution in [3.8, 4) is 0 Å². The fourth-order valence-electron chi connectivity index (χ4n) is 2.68. The summed E-state index contributed by atoms with van der Waals surface area (Å²) in [5, 5.41) is 3.43. The predicted octanol–water partition coefficient (Wildman–Crippen LogP) is 2.20. The molecule has 1 aromatic carbocycles. The molecule has 1 aromatic rings. The quantitative estimate of drug-likeness (QED) is 0.876.